The SMILES string of the molecule is [B]c1ccc2nc3c(nc2c1)CSC1CCCCCC(C1)SC3. The highest BCUT2D eigenvalue weighted by molar-refractivity contribution is 8.00. The quantitative estimate of drug-likeness (QED) is 0.677. The van der Waals surface area contributed by atoms with Gasteiger partial charge in [-0.3, -0.25) is 0 Å². The summed E-state index contributed by atoms with van der Waals surface area (Å²) in [5, 5.41) is 1.58. The molecule has 0 amide bonds. The normalized spacial score (nSPS) is 25.6. The van der Waals surface area contributed by atoms with Gasteiger partial charge in [0, 0.05) is 22.0 Å². The molecule has 4 rings (SSSR count). The number of nitrogens with zero attached hydrogens (tertiary/aromatic N) is 2. The third-order valence-electron chi connectivity index (χ3n) is 4.83. The van der Waals surface area contributed by atoms with Gasteiger partial charge in [0.05, 0.1) is 22.4 Å². The molecule has 2 aliphatic rings. The second-order valence-electron chi connectivity index (χ2n) is 6.60. The summed E-state index contributed by atoms with van der Waals surface area (Å²) in [6, 6.07) is 5.86. The minimum atomic E-state index is 0.765. The molecule has 5 heteroatoms. The highest BCUT2D eigenvalue weighted by atomic mass is 32.2. The van der Waals surface area contributed by atoms with Crippen LogP contribution >= 0.6 is 23.5 Å². The van der Waals surface area contributed by atoms with Crippen LogP contribution in [0, 0.1) is 0 Å². The molecule has 2 atom stereocenters. The molecular weight excluding hydrogens is 319 g/mol. The summed E-state index contributed by atoms with van der Waals surface area (Å²) in [5.41, 5.74) is 5.03. The molecule has 0 saturated heterocycles. The van der Waals surface area contributed by atoms with Gasteiger partial charge in [-0.1, -0.05) is 30.8 Å². The van der Waals surface area contributed by atoms with Gasteiger partial charge in [-0.2, -0.15) is 23.5 Å². The largest absolute Gasteiger partial charge is 0.248 e. The van der Waals surface area contributed by atoms with Crippen molar-refractivity contribution in [2.24, 2.45) is 0 Å². The van der Waals surface area contributed by atoms with Gasteiger partial charge in [-0.15, -0.1) is 0 Å². The van der Waals surface area contributed by atoms with Crippen molar-refractivity contribution < 1.29 is 0 Å². The maximum Gasteiger partial charge on any atom is 0.113 e. The molecule has 23 heavy (non-hydrogen) atoms. The Balaban J connectivity index is 1.68. The van der Waals surface area contributed by atoms with Crippen molar-refractivity contribution in [2.75, 3.05) is 0 Å². The molecule has 2 aromatic rings. The maximum absolute atomic E-state index is 5.91. The number of aromatic nitrogens is 2. The topological polar surface area (TPSA) is 25.8 Å². The highest BCUT2D eigenvalue weighted by Gasteiger charge is 2.23. The predicted octanol–water partition coefficient (Wildman–Crippen LogP) is 4.00. The summed E-state index contributed by atoms with van der Waals surface area (Å²) in [4.78, 5) is 9.81. The lowest BCUT2D eigenvalue weighted by Crippen LogP contribution is -2.15. The van der Waals surface area contributed by atoms with Gasteiger partial charge < -0.3 is 0 Å². The molecule has 2 nitrogen and oxygen atoms in total. The summed E-state index contributed by atoms with van der Waals surface area (Å²) < 4.78 is 0. The molecule has 1 saturated carbocycles. The van der Waals surface area contributed by atoms with Crippen LogP contribution < -0.4 is 5.46 Å². The Morgan fingerprint density at radius 3 is 2.22 bits per heavy atom. The minimum Gasteiger partial charge on any atom is -0.248 e. The van der Waals surface area contributed by atoms with E-state index in [9.17, 15) is 0 Å². The van der Waals surface area contributed by atoms with E-state index >= 15 is 0 Å². The fraction of sp³-hybridized carbons (Fsp3) is 0.556. The maximum atomic E-state index is 5.91. The number of hydrogen-bond acceptors (Lipinski definition) is 4. The zero-order chi connectivity index (χ0) is 15.6. The third kappa shape index (κ3) is 3.71. The lowest BCUT2D eigenvalue weighted by Gasteiger charge is -2.24. The van der Waals surface area contributed by atoms with E-state index in [-0.39, 0.29) is 0 Å². The van der Waals surface area contributed by atoms with Crippen molar-refractivity contribution in [1.82, 2.24) is 9.97 Å². The fourth-order valence-electron chi connectivity index (χ4n) is 3.52. The fourth-order valence-corrected chi connectivity index (χ4v) is 6.30. The Kier molecular flexibility index (Phi) is 4.86. The average molecular weight is 340 g/mol. The Bertz CT molecular complexity index is 707. The number of benzene rings is 1. The number of fused-ring (bicyclic) bond motifs is 4. The van der Waals surface area contributed by atoms with Crippen molar-refractivity contribution in [3.63, 3.8) is 0 Å². The molecule has 1 aromatic heterocycles. The zero-order valence-electron chi connectivity index (χ0n) is 13.3. The lowest BCUT2D eigenvalue weighted by molar-refractivity contribution is 0.522. The first kappa shape index (κ1) is 15.8. The van der Waals surface area contributed by atoms with Gasteiger partial charge in [0.15, 0.2) is 0 Å². The van der Waals surface area contributed by atoms with Crippen LogP contribution in [0.2, 0.25) is 0 Å². The van der Waals surface area contributed by atoms with E-state index < -0.39 is 0 Å². The van der Waals surface area contributed by atoms with Crippen molar-refractivity contribution in [1.29, 1.82) is 0 Å². The highest BCUT2D eigenvalue weighted by Crippen LogP contribution is 2.37. The number of rotatable bonds is 0. The van der Waals surface area contributed by atoms with Gasteiger partial charge in [0.1, 0.15) is 7.85 Å². The summed E-state index contributed by atoms with van der Waals surface area (Å²) >= 11 is 4.20. The first-order valence-electron chi connectivity index (χ1n) is 8.56. The second kappa shape index (κ2) is 7.06. The Hall–Kier alpha value is -0.675. The molecule has 2 bridgehead atoms. The van der Waals surface area contributed by atoms with Gasteiger partial charge in [-0.25, -0.2) is 9.97 Å². The van der Waals surface area contributed by atoms with Crippen LogP contribution in [0.3, 0.4) is 0 Å². The summed E-state index contributed by atoms with van der Waals surface area (Å²) in [7, 11) is 5.91. The van der Waals surface area contributed by atoms with E-state index in [0.29, 0.717) is 0 Å². The first-order valence-corrected chi connectivity index (χ1v) is 10.7. The molecule has 1 fully saturated rings. The van der Waals surface area contributed by atoms with Crippen LogP contribution in [0.5, 0.6) is 0 Å². The van der Waals surface area contributed by atoms with E-state index in [2.05, 4.69) is 23.5 Å². The minimum absolute atomic E-state index is 0.765. The van der Waals surface area contributed by atoms with E-state index in [1.165, 1.54) is 49.9 Å². The molecule has 1 aliphatic heterocycles. The summed E-state index contributed by atoms with van der Waals surface area (Å²) in [5.74, 6) is 1.99. The number of hydrogen-bond donors (Lipinski definition) is 0. The monoisotopic (exact) mass is 340 g/mol. The van der Waals surface area contributed by atoms with Crippen molar-refractivity contribution >= 4 is 47.9 Å². The van der Waals surface area contributed by atoms with Gasteiger partial charge in [0.25, 0.3) is 0 Å². The average Bonchev–Trinajstić information content (AvgIpc) is 2.60. The number of thioether (sulfide) groups is 2. The molecule has 2 radical (unpaired) electrons. The summed E-state index contributed by atoms with van der Waals surface area (Å²) in [6.07, 6.45) is 8.28. The van der Waals surface area contributed by atoms with Crippen LogP contribution in [0.4, 0.5) is 0 Å². The van der Waals surface area contributed by atoms with Gasteiger partial charge >= 0.3 is 0 Å². The van der Waals surface area contributed by atoms with Gasteiger partial charge in [0.2, 0.25) is 0 Å². The molecule has 118 valence electrons. The van der Waals surface area contributed by atoms with Crippen LogP contribution in [0.1, 0.15) is 49.9 Å². The molecular formula is C18H21BN2S2. The van der Waals surface area contributed by atoms with E-state index in [1.54, 1.807) is 0 Å². The van der Waals surface area contributed by atoms with Crippen molar-refractivity contribution in [2.45, 2.75) is 60.5 Å². The van der Waals surface area contributed by atoms with Crippen LogP contribution in [-0.4, -0.2) is 28.3 Å². The van der Waals surface area contributed by atoms with Crippen LogP contribution in [0.15, 0.2) is 18.2 Å². The molecule has 0 N–H and O–H groups in total. The first-order chi connectivity index (χ1) is 11.3. The third-order valence-corrected chi connectivity index (χ3v) is 7.51. The second-order valence-corrected chi connectivity index (χ2v) is 9.18. The Morgan fingerprint density at radius 2 is 1.52 bits per heavy atom. The van der Waals surface area contributed by atoms with E-state index in [4.69, 9.17) is 17.8 Å². The Labute approximate surface area is 148 Å². The van der Waals surface area contributed by atoms with Crippen molar-refractivity contribution in [3.8, 4) is 0 Å². The van der Waals surface area contributed by atoms with E-state index in [0.717, 1.165) is 38.5 Å². The standard InChI is InChI=1S/C18H21BN2S2/c19-12-6-7-15-16(8-12)21-18-11-23-14-5-3-1-2-4-13(9-14)22-10-17(18)20-15/h6-8,13-14H,1-5,9-11H2. The van der Waals surface area contributed by atoms with E-state index in [1.807, 2.05) is 18.2 Å². The van der Waals surface area contributed by atoms with Crippen molar-refractivity contribution in [3.05, 3.63) is 29.6 Å². The predicted molar refractivity (Wildman–Crippen MR) is 103 cm³/mol. The Morgan fingerprint density at radius 1 is 0.870 bits per heavy atom. The molecule has 2 unspecified atom stereocenters. The molecule has 2 heterocycles. The van der Waals surface area contributed by atoms with Crippen LogP contribution in [0.25, 0.3) is 11.0 Å². The molecule has 1 aliphatic carbocycles. The summed E-state index contributed by atoms with van der Waals surface area (Å²) in [6.45, 7) is 0. The van der Waals surface area contributed by atoms with Crippen LogP contribution in [-0.2, 0) is 11.5 Å². The van der Waals surface area contributed by atoms with Gasteiger partial charge in [-0.05, 0) is 31.4 Å². The molecule has 1 aromatic carbocycles. The zero-order valence-corrected chi connectivity index (χ0v) is 15.0. The smallest absolute Gasteiger partial charge is 0.113 e. The lowest BCUT2D eigenvalue weighted by atomic mass is 9.96. The molecule has 0 spiro atoms.